The SMILES string of the molecule is CC(=O)Nc1cc(N)ccc1OC(C)O. The highest BCUT2D eigenvalue weighted by Gasteiger charge is 2.07. The molecule has 0 heterocycles. The molecule has 0 aliphatic carbocycles. The minimum atomic E-state index is -0.943. The molecule has 1 amide bonds. The number of aliphatic hydroxyl groups excluding tert-OH is 1. The minimum absolute atomic E-state index is 0.226. The number of benzene rings is 1. The van der Waals surface area contributed by atoms with Crippen LogP contribution in [0.5, 0.6) is 5.75 Å². The smallest absolute Gasteiger partial charge is 0.221 e. The first-order chi connectivity index (χ1) is 6.99. The summed E-state index contributed by atoms with van der Waals surface area (Å²) in [6, 6.07) is 4.79. The van der Waals surface area contributed by atoms with Crippen molar-refractivity contribution in [2.75, 3.05) is 11.1 Å². The summed E-state index contributed by atoms with van der Waals surface area (Å²) in [5.74, 6) is 0.158. The lowest BCUT2D eigenvalue weighted by Gasteiger charge is -2.13. The van der Waals surface area contributed by atoms with E-state index in [1.54, 1.807) is 18.2 Å². The van der Waals surface area contributed by atoms with Crippen molar-refractivity contribution in [2.24, 2.45) is 0 Å². The molecule has 0 spiro atoms. The van der Waals surface area contributed by atoms with Gasteiger partial charge in [0.1, 0.15) is 5.75 Å². The summed E-state index contributed by atoms with van der Waals surface area (Å²) in [6.45, 7) is 2.86. The first-order valence-corrected chi connectivity index (χ1v) is 4.51. The van der Waals surface area contributed by atoms with Gasteiger partial charge in [-0.15, -0.1) is 0 Å². The molecule has 0 radical (unpaired) electrons. The van der Waals surface area contributed by atoms with E-state index in [9.17, 15) is 4.79 Å². The number of hydrogen-bond donors (Lipinski definition) is 3. The van der Waals surface area contributed by atoms with Gasteiger partial charge in [0.15, 0.2) is 6.29 Å². The van der Waals surface area contributed by atoms with Gasteiger partial charge in [-0.2, -0.15) is 0 Å². The summed E-state index contributed by atoms with van der Waals surface area (Å²) in [5.41, 5.74) is 6.52. The Hall–Kier alpha value is -1.75. The Kier molecular flexibility index (Phi) is 3.51. The van der Waals surface area contributed by atoms with E-state index in [1.165, 1.54) is 13.8 Å². The summed E-state index contributed by atoms with van der Waals surface area (Å²) >= 11 is 0. The molecule has 1 atom stereocenters. The molecule has 15 heavy (non-hydrogen) atoms. The van der Waals surface area contributed by atoms with E-state index in [2.05, 4.69) is 5.32 Å². The topological polar surface area (TPSA) is 84.6 Å². The van der Waals surface area contributed by atoms with Crippen molar-refractivity contribution in [3.05, 3.63) is 18.2 Å². The molecule has 1 rings (SSSR count). The summed E-state index contributed by atoms with van der Waals surface area (Å²) in [5, 5.41) is 11.6. The van der Waals surface area contributed by atoms with Crippen molar-refractivity contribution < 1.29 is 14.6 Å². The monoisotopic (exact) mass is 210 g/mol. The summed E-state index contributed by atoms with van der Waals surface area (Å²) in [4.78, 5) is 10.9. The number of nitrogens with two attached hydrogens (primary N) is 1. The van der Waals surface area contributed by atoms with Gasteiger partial charge in [-0.25, -0.2) is 0 Å². The molecule has 1 unspecified atom stereocenters. The van der Waals surface area contributed by atoms with E-state index >= 15 is 0 Å². The normalized spacial score (nSPS) is 11.9. The van der Waals surface area contributed by atoms with Crippen LogP contribution in [0.15, 0.2) is 18.2 Å². The number of nitrogen functional groups attached to an aromatic ring is 1. The molecule has 5 nitrogen and oxygen atoms in total. The summed E-state index contributed by atoms with van der Waals surface area (Å²) in [6.07, 6.45) is -0.943. The van der Waals surface area contributed by atoms with Crippen molar-refractivity contribution in [1.29, 1.82) is 0 Å². The van der Waals surface area contributed by atoms with Crippen LogP contribution in [0.4, 0.5) is 11.4 Å². The van der Waals surface area contributed by atoms with Crippen LogP contribution in [0.25, 0.3) is 0 Å². The molecule has 0 aromatic heterocycles. The number of carbonyl (C=O) groups is 1. The number of anilines is 2. The van der Waals surface area contributed by atoms with Gasteiger partial charge in [0.25, 0.3) is 0 Å². The molecular weight excluding hydrogens is 196 g/mol. The van der Waals surface area contributed by atoms with Gasteiger partial charge >= 0.3 is 0 Å². The van der Waals surface area contributed by atoms with E-state index in [1.807, 2.05) is 0 Å². The second-order valence-corrected chi connectivity index (χ2v) is 3.15. The van der Waals surface area contributed by atoms with Crippen LogP contribution in [-0.4, -0.2) is 17.3 Å². The van der Waals surface area contributed by atoms with Crippen LogP contribution >= 0.6 is 0 Å². The van der Waals surface area contributed by atoms with Gasteiger partial charge in [-0.05, 0) is 25.1 Å². The second kappa shape index (κ2) is 4.65. The molecule has 0 saturated heterocycles. The lowest BCUT2D eigenvalue weighted by atomic mass is 10.2. The number of amides is 1. The highest BCUT2D eigenvalue weighted by Crippen LogP contribution is 2.27. The van der Waals surface area contributed by atoms with E-state index < -0.39 is 6.29 Å². The maximum atomic E-state index is 10.9. The molecule has 0 bridgehead atoms. The van der Waals surface area contributed by atoms with Gasteiger partial charge < -0.3 is 20.9 Å². The first-order valence-electron chi connectivity index (χ1n) is 4.51. The standard InChI is InChI=1S/C10H14N2O3/c1-6(13)12-9-5-8(11)3-4-10(9)15-7(2)14/h3-5,7,14H,11H2,1-2H3,(H,12,13). The number of rotatable bonds is 3. The van der Waals surface area contributed by atoms with Gasteiger partial charge in [0.05, 0.1) is 5.69 Å². The third-order valence-electron chi connectivity index (χ3n) is 1.61. The third-order valence-corrected chi connectivity index (χ3v) is 1.61. The zero-order chi connectivity index (χ0) is 11.4. The Morgan fingerprint density at radius 1 is 1.60 bits per heavy atom. The van der Waals surface area contributed by atoms with Crippen LogP contribution < -0.4 is 15.8 Å². The molecule has 1 aromatic carbocycles. The van der Waals surface area contributed by atoms with Crippen LogP contribution in [0, 0.1) is 0 Å². The Morgan fingerprint density at radius 3 is 2.80 bits per heavy atom. The van der Waals surface area contributed by atoms with Crippen LogP contribution in [0.1, 0.15) is 13.8 Å². The number of carbonyl (C=O) groups excluding carboxylic acids is 1. The molecule has 0 aliphatic heterocycles. The van der Waals surface area contributed by atoms with Gasteiger partial charge in [0.2, 0.25) is 5.91 Å². The Bertz CT molecular complexity index is 364. The molecular formula is C10H14N2O3. The fourth-order valence-corrected chi connectivity index (χ4v) is 1.12. The lowest BCUT2D eigenvalue weighted by Crippen LogP contribution is -2.13. The molecule has 82 valence electrons. The Balaban J connectivity index is 2.97. The van der Waals surface area contributed by atoms with Crippen molar-refractivity contribution in [3.63, 3.8) is 0 Å². The number of aliphatic hydroxyl groups is 1. The van der Waals surface area contributed by atoms with E-state index in [0.717, 1.165) is 0 Å². The fraction of sp³-hybridized carbons (Fsp3) is 0.300. The minimum Gasteiger partial charge on any atom is -0.463 e. The maximum absolute atomic E-state index is 10.9. The van der Waals surface area contributed by atoms with Crippen molar-refractivity contribution in [1.82, 2.24) is 0 Å². The molecule has 0 fully saturated rings. The van der Waals surface area contributed by atoms with Gasteiger partial charge in [-0.3, -0.25) is 4.79 Å². The predicted octanol–water partition coefficient (Wildman–Crippen LogP) is 0.944. The molecule has 1 aromatic rings. The fourth-order valence-electron chi connectivity index (χ4n) is 1.12. The van der Waals surface area contributed by atoms with Gasteiger partial charge in [0, 0.05) is 12.6 Å². The van der Waals surface area contributed by atoms with E-state index in [0.29, 0.717) is 17.1 Å². The average molecular weight is 210 g/mol. The number of ether oxygens (including phenoxy) is 1. The zero-order valence-electron chi connectivity index (χ0n) is 8.65. The van der Waals surface area contributed by atoms with E-state index in [4.69, 9.17) is 15.6 Å². The van der Waals surface area contributed by atoms with Crippen LogP contribution in [-0.2, 0) is 4.79 Å². The van der Waals surface area contributed by atoms with Crippen molar-refractivity contribution in [3.8, 4) is 5.75 Å². The van der Waals surface area contributed by atoms with Crippen molar-refractivity contribution in [2.45, 2.75) is 20.1 Å². The van der Waals surface area contributed by atoms with Crippen molar-refractivity contribution >= 4 is 17.3 Å². The Labute approximate surface area is 87.9 Å². The van der Waals surface area contributed by atoms with Gasteiger partial charge in [-0.1, -0.05) is 0 Å². The zero-order valence-corrected chi connectivity index (χ0v) is 8.65. The number of hydrogen-bond acceptors (Lipinski definition) is 4. The van der Waals surface area contributed by atoms with E-state index in [-0.39, 0.29) is 5.91 Å². The maximum Gasteiger partial charge on any atom is 0.221 e. The van der Waals surface area contributed by atoms with Crippen LogP contribution in [0.2, 0.25) is 0 Å². The number of nitrogens with one attached hydrogen (secondary N) is 1. The highest BCUT2D eigenvalue weighted by molar-refractivity contribution is 5.91. The second-order valence-electron chi connectivity index (χ2n) is 3.15. The Morgan fingerprint density at radius 2 is 2.27 bits per heavy atom. The average Bonchev–Trinajstić information content (AvgIpc) is 2.08. The summed E-state index contributed by atoms with van der Waals surface area (Å²) in [7, 11) is 0. The third kappa shape index (κ3) is 3.47. The quantitative estimate of drug-likeness (QED) is 0.512. The molecule has 4 N–H and O–H groups in total. The largest absolute Gasteiger partial charge is 0.463 e. The molecule has 0 saturated carbocycles. The lowest BCUT2D eigenvalue weighted by molar-refractivity contribution is -0.114. The van der Waals surface area contributed by atoms with Crippen LogP contribution in [0.3, 0.4) is 0 Å². The predicted molar refractivity (Wildman–Crippen MR) is 57.5 cm³/mol. The highest BCUT2D eigenvalue weighted by atomic mass is 16.6. The summed E-state index contributed by atoms with van der Waals surface area (Å²) < 4.78 is 5.09. The first kappa shape index (κ1) is 11.3. The molecule has 0 aliphatic rings. The molecule has 5 heteroatoms.